The van der Waals surface area contributed by atoms with Gasteiger partial charge in [-0.05, 0) is 63.6 Å². The average molecular weight is 798 g/mol. The minimum Gasteiger partial charge on any atom is -0.247 e. The molecule has 3 nitrogen and oxygen atoms in total. The first-order valence-corrected chi connectivity index (χ1v) is 21.8. The van der Waals surface area contributed by atoms with E-state index in [1.54, 1.807) is 0 Å². The first-order chi connectivity index (χ1) is 30.1. The molecule has 3 aliphatic rings. The smallest absolute Gasteiger partial charge is 0.160 e. The molecule has 2 aromatic heterocycles. The van der Waals surface area contributed by atoms with Crippen LogP contribution >= 0.6 is 11.8 Å². The lowest BCUT2D eigenvalue weighted by molar-refractivity contribution is 0.600. The van der Waals surface area contributed by atoms with Crippen LogP contribution in [0.15, 0.2) is 216 Å². The maximum Gasteiger partial charge on any atom is 0.160 e. The molecule has 3 heterocycles. The number of hydrogen-bond donors (Lipinski definition) is 0. The minimum absolute atomic E-state index is 0.290. The van der Waals surface area contributed by atoms with Crippen molar-refractivity contribution in [3.05, 3.63) is 240 Å². The Hall–Kier alpha value is -7.14. The van der Waals surface area contributed by atoms with E-state index in [2.05, 4.69) is 207 Å². The van der Waals surface area contributed by atoms with Gasteiger partial charge in [0, 0.05) is 42.9 Å². The molecule has 0 amide bonds. The van der Waals surface area contributed by atoms with E-state index in [0.29, 0.717) is 0 Å². The van der Waals surface area contributed by atoms with Gasteiger partial charge in [-0.15, -0.1) is 0 Å². The molecule has 1 unspecified atom stereocenters. The highest BCUT2D eigenvalue weighted by Crippen LogP contribution is 2.63. The molecule has 2 aliphatic carbocycles. The van der Waals surface area contributed by atoms with Crippen molar-refractivity contribution < 1.29 is 0 Å². The van der Waals surface area contributed by atoms with Gasteiger partial charge in [-0.25, -0.2) is 15.0 Å². The summed E-state index contributed by atoms with van der Waals surface area (Å²) in [5.41, 5.74) is 16.6. The highest BCUT2D eigenvalue weighted by atomic mass is 32.2. The van der Waals surface area contributed by atoms with Crippen LogP contribution in [-0.4, -0.2) is 15.0 Å². The largest absolute Gasteiger partial charge is 0.247 e. The summed E-state index contributed by atoms with van der Waals surface area (Å²) in [4.78, 5) is 18.6. The van der Waals surface area contributed by atoms with Crippen molar-refractivity contribution in [2.24, 2.45) is 0 Å². The Labute approximate surface area is 360 Å². The van der Waals surface area contributed by atoms with Gasteiger partial charge in [-0.1, -0.05) is 207 Å². The number of benzene rings is 7. The predicted octanol–water partition coefficient (Wildman–Crippen LogP) is 14.2. The number of hydrogen-bond acceptors (Lipinski definition) is 4. The SMILES string of the molecule is CC1(c2ccc(-c3ccccc3)nc2-c2ccccc2)C=CC(c2nc(-c3cccc4c3Sc3ccccc3C43c4ccccc4-c4ccccc43)c3ccccc3n2)=CC1. The fourth-order valence-electron chi connectivity index (χ4n) is 10.1. The van der Waals surface area contributed by atoms with E-state index in [9.17, 15) is 0 Å². The van der Waals surface area contributed by atoms with Crippen LogP contribution in [0.1, 0.15) is 47.0 Å². The van der Waals surface area contributed by atoms with Crippen molar-refractivity contribution in [2.75, 3.05) is 0 Å². The summed E-state index contributed by atoms with van der Waals surface area (Å²) in [6.45, 7) is 2.32. The Morgan fingerprint density at radius 3 is 1.84 bits per heavy atom. The first-order valence-electron chi connectivity index (χ1n) is 21.0. The lowest BCUT2D eigenvalue weighted by atomic mass is 9.67. The van der Waals surface area contributed by atoms with Gasteiger partial charge in [-0.2, -0.15) is 0 Å². The van der Waals surface area contributed by atoms with Crippen molar-refractivity contribution in [1.29, 1.82) is 0 Å². The molecule has 0 saturated carbocycles. The summed E-state index contributed by atoms with van der Waals surface area (Å²) in [6.07, 6.45) is 7.66. The van der Waals surface area contributed by atoms with E-state index in [-0.39, 0.29) is 5.41 Å². The van der Waals surface area contributed by atoms with Gasteiger partial charge in [0.1, 0.15) is 0 Å². The van der Waals surface area contributed by atoms with Crippen molar-refractivity contribution in [2.45, 2.75) is 34.0 Å². The molecule has 7 aromatic carbocycles. The molecule has 0 radical (unpaired) electrons. The number of rotatable bonds is 5. The van der Waals surface area contributed by atoms with Gasteiger partial charge in [0.15, 0.2) is 5.82 Å². The van der Waals surface area contributed by atoms with Crippen LogP contribution in [-0.2, 0) is 10.8 Å². The number of nitrogens with zero attached hydrogens (tertiary/aromatic N) is 3. The van der Waals surface area contributed by atoms with Crippen LogP contribution in [0.3, 0.4) is 0 Å². The average Bonchev–Trinajstić information content (AvgIpc) is 3.62. The topological polar surface area (TPSA) is 38.7 Å². The fourth-order valence-corrected chi connectivity index (χ4v) is 11.4. The van der Waals surface area contributed by atoms with Crippen molar-refractivity contribution >= 4 is 28.2 Å². The molecular weight excluding hydrogens is 759 g/mol. The number of pyridine rings is 1. The second-order valence-corrected chi connectivity index (χ2v) is 17.5. The number of fused-ring (bicyclic) bond motifs is 10. The van der Waals surface area contributed by atoms with E-state index in [4.69, 9.17) is 15.0 Å². The highest BCUT2D eigenvalue weighted by Gasteiger charge is 2.50. The van der Waals surface area contributed by atoms with Gasteiger partial charge in [-0.3, -0.25) is 0 Å². The molecule has 0 N–H and O–H groups in total. The Bertz CT molecular complexity index is 3230. The lowest BCUT2D eigenvalue weighted by Gasteiger charge is -2.40. The van der Waals surface area contributed by atoms with E-state index >= 15 is 0 Å². The maximum absolute atomic E-state index is 5.54. The maximum atomic E-state index is 5.54. The zero-order valence-corrected chi connectivity index (χ0v) is 34.4. The van der Waals surface area contributed by atoms with Crippen LogP contribution in [0.25, 0.3) is 61.4 Å². The van der Waals surface area contributed by atoms with Crippen LogP contribution < -0.4 is 0 Å². The van der Waals surface area contributed by atoms with Gasteiger partial charge in [0.25, 0.3) is 0 Å². The zero-order chi connectivity index (χ0) is 40.5. The summed E-state index contributed by atoms with van der Waals surface area (Å²) in [6, 6.07) is 67.7. The third kappa shape index (κ3) is 5.49. The van der Waals surface area contributed by atoms with Crippen LogP contribution in [0, 0.1) is 0 Å². The molecular formula is C57H39N3S. The Kier molecular flexibility index (Phi) is 8.20. The second kappa shape index (κ2) is 14.0. The van der Waals surface area contributed by atoms with Gasteiger partial charge in [0.05, 0.1) is 28.0 Å². The molecule has 288 valence electrons. The van der Waals surface area contributed by atoms with Crippen molar-refractivity contribution in [3.8, 4) is 44.9 Å². The molecule has 61 heavy (non-hydrogen) atoms. The molecule has 9 aromatic rings. The van der Waals surface area contributed by atoms with Crippen LogP contribution in [0.4, 0.5) is 0 Å². The standard InChI is InChI=1S/C57H39N3S/c1-56(47-31-32-49(37-17-4-2-5-18-37)58-52(47)38-19-6-3-7-20-38)35-33-39(34-36-56)55-59-50-29-14-10-23-42(50)53(60-55)43-24-16-28-48-54(43)61-51-30-15-13-27-46(51)57(48)44-25-11-8-21-40(44)41-22-9-12-26-45(41)57/h2-35H,36H2,1H3. The van der Waals surface area contributed by atoms with Crippen LogP contribution in [0.2, 0.25) is 0 Å². The molecule has 0 fully saturated rings. The highest BCUT2D eigenvalue weighted by molar-refractivity contribution is 7.99. The lowest BCUT2D eigenvalue weighted by Crippen LogP contribution is -2.32. The van der Waals surface area contributed by atoms with Crippen molar-refractivity contribution in [1.82, 2.24) is 15.0 Å². The summed E-state index contributed by atoms with van der Waals surface area (Å²) >= 11 is 1.87. The molecule has 0 bridgehead atoms. The number of aromatic nitrogens is 3. The third-order valence-electron chi connectivity index (χ3n) is 13.0. The molecule has 4 heteroatoms. The normalized spacial score (nSPS) is 16.7. The summed E-state index contributed by atoms with van der Waals surface area (Å²) in [7, 11) is 0. The molecule has 1 spiro atoms. The molecule has 12 rings (SSSR count). The minimum atomic E-state index is -0.460. The summed E-state index contributed by atoms with van der Waals surface area (Å²) in [5, 5.41) is 1.04. The van der Waals surface area contributed by atoms with E-state index in [1.165, 1.54) is 48.7 Å². The molecule has 1 atom stereocenters. The quantitative estimate of drug-likeness (QED) is 0.174. The van der Waals surface area contributed by atoms with Gasteiger partial charge >= 0.3 is 0 Å². The van der Waals surface area contributed by atoms with E-state index < -0.39 is 5.41 Å². The van der Waals surface area contributed by atoms with Crippen LogP contribution in [0.5, 0.6) is 0 Å². The first kappa shape index (κ1) is 35.8. The number of para-hydroxylation sites is 1. The Balaban J connectivity index is 0.992. The molecule has 0 saturated heterocycles. The third-order valence-corrected chi connectivity index (χ3v) is 14.2. The van der Waals surface area contributed by atoms with Gasteiger partial charge in [0.2, 0.25) is 0 Å². The van der Waals surface area contributed by atoms with E-state index in [1.807, 2.05) is 17.8 Å². The molecule has 1 aliphatic heterocycles. The number of allylic oxidation sites excluding steroid dienone is 4. The Morgan fingerprint density at radius 1 is 0.475 bits per heavy atom. The zero-order valence-electron chi connectivity index (χ0n) is 33.6. The monoisotopic (exact) mass is 797 g/mol. The summed E-state index contributed by atoms with van der Waals surface area (Å²) < 4.78 is 0. The predicted molar refractivity (Wildman–Crippen MR) is 251 cm³/mol. The summed E-state index contributed by atoms with van der Waals surface area (Å²) in [5.74, 6) is 0.734. The van der Waals surface area contributed by atoms with Crippen molar-refractivity contribution in [3.63, 3.8) is 0 Å². The Morgan fingerprint density at radius 2 is 1.10 bits per heavy atom. The second-order valence-electron chi connectivity index (χ2n) is 16.5. The van der Waals surface area contributed by atoms with E-state index in [0.717, 1.165) is 62.5 Å². The van der Waals surface area contributed by atoms with Gasteiger partial charge < -0.3 is 0 Å². The fraction of sp³-hybridized carbons (Fsp3) is 0.0702.